The summed E-state index contributed by atoms with van der Waals surface area (Å²) in [5.41, 5.74) is 0. The first-order chi connectivity index (χ1) is 9.24. The Morgan fingerprint density at radius 2 is 1.80 bits per heavy atom. The van der Waals surface area contributed by atoms with Gasteiger partial charge >= 0.3 is 0 Å². The highest BCUT2D eigenvalue weighted by atomic mass is 32.2. The molecule has 11 heteroatoms. The summed E-state index contributed by atoms with van der Waals surface area (Å²) in [4.78, 5) is 7.60. The van der Waals surface area contributed by atoms with Crippen molar-refractivity contribution in [1.82, 2.24) is 14.7 Å². The SMILES string of the molecule is CCNc1ncc(S(=O)(=O)NCCCS(N)(=O)=O)cn1. The van der Waals surface area contributed by atoms with Gasteiger partial charge in [-0.2, -0.15) is 0 Å². The minimum Gasteiger partial charge on any atom is -0.355 e. The van der Waals surface area contributed by atoms with E-state index >= 15 is 0 Å². The predicted octanol–water partition coefficient (Wildman–Crippen LogP) is -1.13. The van der Waals surface area contributed by atoms with Crippen molar-refractivity contribution in [2.24, 2.45) is 5.14 Å². The maximum absolute atomic E-state index is 11.8. The Morgan fingerprint density at radius 1 is 1.20 bits per heavy atom. The molecule has 0 atom stereocenters. The average Bonchev–Trinajstić information content (AvgIpc) is 2.35. The zero-order chi connectivity index (χ0) is 15.2. The molecule has 0 radical (unpaired) electrons. The van der Waals surface area contributed by atoms with E-state index in [9.17, 15) is 16.8 Å². The maximum atomic E-state index is 11.8. The molecule has 20 heavy (non-hydrogen) atoms. The summed E-state index contributed by atoms with van der Waals surface area (Å²) >= 11 is 0. The van der Waals surface area contributed by atoms with Gasteiger partial charge in [-0.05, 0) is 13.3 Å². The fourth-order valence-electron chi connectivity index (χ4n) is 1.27. The van der Waals surface area contributed by atoms with Crippen LogP contribution in [0, 0.1) is 0 Å². The number of aromatic nitrogens is 2. The van der Waals surface area contributed by atoms with E-state index in [1.165, 1.54) is 12.4 Å². The lowest BCUT2D eigenvalue weighted by Crippen LogP contribution is -2.27. The molecule has 1 aromatic rings. The topological polar surface area (TPSA) is 144 Å². The largest absolute Gasteiger partial charge is 0.355 e. The monoisotopic (exact) mass is 323 g/mol. The van der Waals surface area contributed by atoms with E-state index in [2.05, 4.69) is 20.0 Å². The first kappa shape index (κ1) is 16.8. The maximum Gasteiger partial charge on any atom is 0.243 e. The van der Waals surface area contributed by atoms with Crippen molar-refractivity contribution < 1.29 is 16.8 Å². The molecule has 0 aliphatic heterocycles. The molecule has 0 bridgehead atoms. The lowest BCUT2D eigenvalue weighted by molar-refractivity contribution is 0.576. The molecule has 0 amide bonds. The summed E-state index contributed by atoms with van der Waals surface area (Å²) in [5, 5.41) is 7.65. The lowest BCUT2D eigenvalue weighted by atomic mass is 10.5. The van der Waals surface area contributed by atoms with Crippen molar-refractivity contribution in [2.45, 2.75) is 18.2 Å². The molecular weight excluding hydrogens is 306 g/mol. The van der Waals surface area contributed by atoms with Crippen LogP contribution in [0.25, 0.3) is 0 Å². The standard InChI is InChI=1S/C9H17N5O4S2/c1-2-11-9-12-6-8(7-13-9)20(17,18)14-4-3-5-19(10,15)16/h6-7,14H,2-5H2,1H3,(H2,10,15,16)(H,11,12,13). The highest BCUT2D eigenvalue weighted by Gasteiger charge is 2.15. The highest BCUT2D eigenvalue weighted by Crippen LogP contribution is 2.07. The van der Waals surface area contributed by atoms with Gasteiger partial charge < -0.3 is 5.32 Å². The summed E-state index contributed by atoms with van der Waals surface area (Å²) in [7, 11) is -7.33. The van der Waals surface area contributed by atoms with Gasteiger partial charge in [0.1, 0.15) is 4.90 Å². The minimum atomic E-state index is -3.75. The van der Waals surface area contributed by atoms with Crippen LogP contribution in [0.2, 0.25) is 0 Å². The molecule has 0 spiro atoms. The molecule has 4 N–H and O–H groups in total. The van der Waals surface area contributed by atoms with E-state index in [1.807, 2.05) is 6.92 Å². The van der Waals surface area contributed by atoms with Gasteiger partial charge in [-0.15, -0.1) is 0 Å². The van der Waals surface area contributed by atoms with E-state index in [0.717, 1.165) is 0 Å². The Kier molecular flexibility index (Phi) is 5.80. The van der Waals surface area contributed by atoms with Crippen LogP contribution in [0.4, 0.5) is 5.95 Å². The quantitative estimate of drug-likeness (QED) is 0.513. The number of nitrogens with zero attached hydrogens (tertiary/aromatic N) is 2. The zero-order valence-corrected chi connectivity index (χ0v) is 12.5. The van der Waals surface area contributed by atoms with Gasteiger partial charge in [0.2, 0.25) is 26.0 Å². The minimum absolute atomic E-state index is 0.0340. The Labute approximate surface area is 118 Å². The van der Waals surface area contributed by atoms with Crippen LogP contribution in [0.5, 0.6) is 0 Å². The molecule has 1 heterocycles. The number of primary sulfonamides is 1. The number of rotatable bonds is 8. The molecule has 1 aromatic heterocycles. The summed E-state index contributed by atoms with van der Waals surface area (Å²) in [5.74, 6) is 0.0476. The van der Waals surface area contributed by atoms with Crippen molar-refractivity contribution in [3.63, 3.8) is 0 Å². The second-order valence-corrected chi connectivity index (χ2v) is 7.39. The van der Waals surface area contributed by atoms with Crippen molar-refractivity contribution in [2.75, 3.05) is 24.2 Å². The molecule has 0 unspecified atom stereocenters. The molecule has 1 rings (SSSR count). The third-order valence-corrected chi connectivity index (χ3v) is 4.44. The smallest absolute Gasteiger partial charge is 0.243 e. The summed E-state index contributed by atoms with van der Waals surface area (Å²) in [6.45, 7) is 2.45. The van der Waals surface area contributed by atoms with Crippen LogP contribution in [-0.2, 0) is 20.0 Å². The zero-order valence-electron chi connectivity index (χ0n) is 10.9. The fraction of sp³-hybridized carbons (Fsp3) is 0.556. The summed E-state index contributed by atoms with van der Waals surface area (Å²) < 4.78 is 47.3. The third kappa shape index (κ3) is 5.77. The van der Waals surface area contributed by atoms with Crippen LogP contribution in [0.3, 0.4) is 0 Å². The second kappa shape index (κ2) is 6.92. The summed E-state index contributed by atoms with van der Waals surface area (Å²) in [6.07, 6.45) is 2.44. The molecule has 0 aliphatic rings. The van der Waals surface area contributed by atoms with Gasteiger partial charge in [-0.1, -0.05) is 0 Å². The van der Waals surface area contributed by atoms with Gasteiger partial charge in [0.05, 0.1) is 18.1 Å². The molecule has 0 saturated carbocycles. The van der Waals surface area contributed by atoms with Gasteiger partial charge in [0, 0.05) is 13.1 Å². The van der Waals surface area contributed by atoms with E-state index in [-0.39, 0.29) is 23.6 Å². The first-order valence-electron chi connectivity index (χ1n) is 5.80. The number of sulfonamides is 2. The molecule has 0 fully saturated rings. The Balaban J connectivity index is 2.60. The first-order valence-corrected chi connectivity index (χ1v) is 9.00. The van der Waals surface area contributed by atoms with E-state index in [0.29, 0.717) is 12.5 Å². The van der Waals surface area contributed by atoms with Crippen molar-refractivity contribution in [3.05, 3.63) is 12.4 Å². The highest BCUT2D eigenvalue weighted by molar-refractivity contribution is 7.89. The van der Waals surface area contributed by atoms with Crippen LogP contribution in [0.1, 0.15) is 13.3 Å². The van der Waals surface area contributed by atoms with Gasteiger partial charge in [-0.3, -0.25) is 0 Å². The number of hydrogen-bond acceptors (Lipinski definition) is 7. The molecule has 0 aromatic carbocycles. The van der Waals surface area contributed by atoms with Gasteiger partial charge in [0.15, 0.2) is 0 Å². The van der Waals surface area contributed by atoms with Gasteiger partial charge in [-0.25, -0.2) is 36.7 Å². The predicted molar refractivity (Wildman–Crippen MR) is 74.0 cm³/mol. The third-order valence-electron chi connectivity index (χ3n) is 2.17. The number of nitrogens with two attached hydrogens (primary N) is 1. The molecule has 0 aliphatic carbocycles. The second-order valence-electron chi connectivity index (χ2n) is 3.89. The lowest BCUT2D eigenvalue weighted by Gasteiger charge is -2.06. The van der Waals surface area contributed by atoms with Crippen LogP contribution in [0.15, 0.2) is 17.3 Å². The van der Waals surface area contributed by atoms with Gasteiger partial charge in [0.25, 0.3) is 0 Å². The van der Waals surface area contributed by atoms with E-state index in [4.69, 9.17) is 5.14 Å². The van der Waals surface area contributed by atoms with Crippen LogP contribution < -0.4 is 15.2 Å². The van der Waals surface area contributed by atoms with E-state index in [1.54, 1.807) is 0 Å². The van der Waals surface area contributed by atoms with E-state index < -0.39 is 20.0 Å². The summed E-state index contributed by atoms with van der Waals surface area (Å²) in [6, 6.07) is 0. The molecule has 114 valence electrons. The van der Waals surface area contributed by atoms with Crippen LogP contribution in [-0.4, -0.2) is 45.6 Å². The number of anilines is 1. The molecular formula is C9H17N5O4S2. The Morgan fingerprint density at radius 3 is 2.30 bits per heavy atom. The van der Waals surface area contributed by atoms with Crippen molar-refractivity contribution >= 4 is 26.0 Å². The Bertz CT molecular complexity index is 627. The normalized spacial score (nSPS) is 12.3. The number of nitrogens with one attached hydrogen (secondary N) is 2. The Hall–Kier alpha value is -1.30. The average molecular weight is 323 g/mol. The van der Waals surface area contributed by atoms with Crippen LogP contribution >= 0.6 is 0 Å². The fourth-order valence-corrected chi connectivity index (χ4v) is 2.78. The molecule has 0 saturated heterocycles. The van der Waals surface area contributed by atoms with Crippen molar-refractivity contribution in [3.8, 4) is 0 Å². The molecule has 9 nitrogen and oxygen atoms in total. The van der Waals surface area contributed by atoms with Crippen molar-refractivity contribution in [1.29, 1.82) is 0 Å². The number of hydrogen-bond donors (Lipinski definition) is 3.